The standard InChI is InChI=1S/C31H44N4O5/c1-18(2)35(29(38)24(16-17-25(32)36)33-30(39)40-31(7,8)9)27(23-15-11-12-19(3)22(23)6)28(37)34-26-20(4)13-10-14-21(26)5/h10-15,18,24,27H,16-17H2,1-9H3,(H2,32,36)(H,33,39)(H,34,37). The summed E-state index contributed by atoms with van der Waals surface area (Å²) in [4.78, 5) is 54.2. The minimum absolute atomic E-state index is 0.0470. The molecule has 0 radical (unpaired) electrons. The Hall–Kier alpha value is -3.88. The Kier molecular flexibility index (Phi) is 10.9. The second-order valence-corrected chi connectivity index (χ2v) is 11.5. The summed E-state index contributed by atoms with van der Waals surface area (Å²) in [5.41, 5.74) is 9.55. The van der Waals surface area contributed by atoms with Crippen molar-refractivity contribution in [3.05, 3.63) is 64.2 Å². The maximum absolute atomic E-state index is 14.2. The van der Waals surface area contributed by atoms with Crippen LogP contribution in [0.15, 0.2) is 36.4 Å². The first-order chi connectivity index (χ1) is 18.5. The number of hydrogen-bond acceptors (Lipinski definition) is 5. The van der Waals surface area contributed by atoms with Gasteiger partial charge in [0.05, 0.1) is 0 Å². The highest BCUT2D eigenvalue weighted by atomic mass is 16.6. The van der Waals surface area contributed by atoms with Gasteiger partial charge in [0, 0.05) is 18.2 Å². The minimum Gasteiger partial charge on any atom is -0.444 e. The molecule has 2 rings (SSSR count). The monoisotopic (exact) mass is 552 g/mol. The number of carbonyl (C=O) groups is 4. The Morgan fingerprint density at radius 3 is 2.00 bits per heavy atom. The highest BCUT2D eigenvalue weighted by molar-refractivity contribution is 6.00. The lowest BCUT2D eigenvalue weighted by Crippen LogP contribution is -2.54. The number of hydrogen-bond donors (Lipinski definition) is 3. The van der Waals surface area contributed by atoms with Gasteiger partial charge in [0.15, 0.2) is 0 Å². The second-order valence-electron chi connectivity index (χ2n) is 11.5. The molecule has 0 aromatic heterocycles. The van der Waals surface area contributed by atoms with E-state index in [4.69, 9.17) is 10.5 Å². The van der Waals surface area contributed by atoms with Crippen LogP contribution in [0.1, 0.15) is 81.3 Å². The fourth-order valence-corrected chi connectivity index (χ4v) is 4.54. The van der Waals surface area contributed by atoms with E-state index in [9.17, 15) is 19.2 Å². The van der Waals surface area contributed by atoms with Gasteiger partial charge in [-0.2, -0.15) is 0 Å². The van der Waals surface area contributed by atoms with E-state index in [0.717, 1.165) is 22.3 Å². The molecule has 0 aliphatic rings. The summed E-state index contributed by atoms with van der Waals surface area (Å²) >= 11 is 0. The molecule has 4 N–H and O–H groups in total. The summed E-state index contributed by atoms with van der Waals surface area (Å²) in [7, 11) is 0. The first-order valence-electron chi connectivity index (χ1n) is 13.6. The van der Waals surface area contributed by atoms with E-state index < -0.39 is 41.6 Å². The van der Waals surface area contributed by atoms with Crippen LogP contribution in [0.4, 0.5) is 10.5 Å². The molecule has 0 fully saturated rings. The zero-order valence-electron chi connectivity index (χ0n) is 25.2. The van der Waals surface area contributed by atoms with E-state index in [-0.39, 0.29) is 18.7 Å². The number of benzene rings is 2. The maximum atomic E-state index is 14.2. The molecule has 2 atom stereocenters. The van der Waals surface area contributed by atoms with Crippen molar-refractivity contribution < 1.29 is 23.9 Å². The molecule has 40 heavy (non-hydrogen) atoms. The van der Waals surface area contributed by atoms with Gasteiger partial charge in [-0.05, 0) is 96.6 Å². The van der Waals surface area contributed by atoms with Crippen LogP contribution in [0, 0.1) is 27.7 Å². The van der Waals surface area contributed by atoms with E-state index in [1.54, 1.807) is 34.6 Å². The van der Waals surface area contributed by atoms with Gasteiger partial charge in [-0.1, -0.05) is 36.4 Å². The number of aryl methyl sites for hydroxylation is 3. The van der Waals surface area contributed by atoms with Crippen molar-refractivity contribution in [2.45, 2.75) is 98.9 Å². The van der Waals surface area contributed by atoms with Gasteiger partial charge in [0.25, 0.3) is 5.91 Å². The van der Waals surface area contributed by atoms with E-state index in [2.05, 4.69) is 10.6 Å². The van der Waals surface area contributed by atoms with E-state index >= 15 is 0 Å². The van der Waals surface area contributed by atoms with Gasteiger partial charge >= 0.3 is 6.09 Å². The minimum atomic E-state index is -1.15. The Morgan fingerprint density at radius 1 is 0.925 bits per heavy atom. The number of carbonyl (C=O) groups excluding carboxylic acids is 4. The molecule has 0 saturated carbocycles. The zero-order chi connectivity index (χ0) is 30.4. The molecule has 218 valence electrons. The zero-order valence-corrected chi connectivity index (χ0v) is 25.2. The number of anilines is 1. The summed E-state index contributed by atoms with van der Waals surface area (Å²) in [5.74, 6) is -1.53. The molecule has 0 spiro atoms. The molecule has 2 aromatic rings. The molecule has 0 aliphatic carbocycles. The lowest BCUT2D eigenvalue weighted by atomic mass is 9.93. The molecule has 0 bridgehead atoms. The summed E-state index contributed by atoms with van der Waals surface area (Å²) < 4.78 is 5.38. The number of amides is 4. The van der Waals surface area contributed by atoms with Crippen molar-refractivity contribution in [2.24, 2.45) is 5.73 Å². The number of rotatable bonds is 10. The number of para-hydroxylation sites is 1. The molecule has 9 heteroatoms. The van der Waals surface area contributed by atoms with Crippen LogP contribution >= 0.6 is 0 Å². The molecule has 4 amide bonds. The number of nitrogens with one attached hydrogen (secondary N) is 2. The molecule has 2 unspecified atom stereocenters. The Bertz CT molecular complexity index is 1230. The summed E-state index contributed by atoms with van der Waals surface area (Å²) in [6, 6.07) is 8.74. The Labute approximate surface area is 237 Å². The van der Waals surface area contributed by atoms with Crippen LogP contribution in [0.2, 0.25) is 0 Å². The molecule has 2 aromatic carbocycles. The predicted octanol–water partition coefficient (Wildman–Crippen LogP) is 5.00. The van der Waals surface area contributed by atoms with Crippen LogP contribution < -0.4 is 16.4 Å². The second kappa shape index (κ2) is 13.5. The highest BCUT2D eigenvalue weighted by Gasteiger charge is 2.38. The molecule has 9 nitrogen and oxygen atoms in total. The molecular formula is C31H44N4O5. The van der Waals surface area contributed by atoms with E-state index in [1.165, 1.54) is 4.90 Å². The van der Waals surface area contributed by atoms with Crippen molar-refractivity contribution in [1.29, 1.82) is 0 Å². The summed E-state index contributed by atoms with van der Waals surface area (Å²) in [6.07, 6.45) is -0.988. The first kappa shape index (κ1) is 32.3. The van der Waals surface area contributed by atoms with Gasteiger partial charge < -0.3 is 26.0 Å². The third-order valence-corrected chi connectivity index (χ3v) is 6.68. The van der Waals surface area contributed by atoms with Crippen molar-refractivity contribution in [3.63, 3.8) is 0 Å². The first-order valence-corrected chi connectivity index (χ1v) is 13.6. The lowest BCUT2D eigenvalue weighted by molar-refractivity contribution is -0.143. The average molecular weight is 553 g/mol. The van der Waals surface area contributed by atoms with E-state index in [0.29, 0.717) is 11.3 Å². The number of nitrogens with zero attached hydrogens (tertiary/aromatic N) is 1. The van der Waals surface area contributed by atoms with Gasteiger partial charge in [-0.15, -0.1) is 0 Å². The van der Waals surface area contributed by atoms with Crippen LogP contribution in [-0.2, 0) is 19.1 Å². The van der Waals surface area contributed by atoms with Crippen molar-refractivity contribution in [2.75, 3.05) is 5.32 Å². The topological polar surface area (TPSA) is 131 Å². The normalized spacial score (nSPS) is 12.8. The smallest absolute Gasteiger partial charge is 0.408 e. The fourth-order valence-electron chi connectivity index (χ4n) is 4.54. The average Bonchev–Trinajstić information content (AvgIpc) is 2.82. The molecular weight excluding hydrogens is 508 g/mol. The number of primary amides is 1. The van der Waals surface area contributed by atoms with Crippen LogP contribution in [-0.4, -0.2) is 46.4 Å². The molecule has 0 saturated heterocycles. The van der Waals surface area contributed by atoms with Crippen LogP contribution in [0.5, 0.6) is 0 Å². The molecule has 0 heterocycles. The number of ether oxygens (including phenoxy) is 1. The van der Waals surface area contributed by atoms with Gasteiger partial charge in [-0.25, -0.2) is 4.79 Å². The van der Waals surface area contributed by atoms with Gasteiger partial charge in [-0.3, -0.25) is 14.4 Å². The van der Waals surface area contributed by atoms with Crippen molar-refractivity contribution in [1.82, 2.24) is 10.2 Å². The lowest BCUT2D eigenvalue weighted by Gasteiger charge is -2.38. The third-order valence-electron chi connectivity index (χ3n) is 6.68. The maximum Gasteiger partial charge on any atom is 0.408 e. The Balaban J connectivity index is 2.63. The third kappa shape index (κ3) is 8.56. The van der Waals surface area contributed by atoms with Crippen molar-refractivity contribution in [3.8, 4) is 0 Å². The highest BCUT2D eigenvalue weighted by Crippen LogP contribution is 2.31. The van der Waals surface area contributed by atoms with E-state index in [1.807, 2.05) is 64.1 Å². The Morgan fingerprint density at radius 2 is 1.48 bits per heavy atom. The largest absolute Gasteiger partial charge is 0.444 e. The molecule has 0 aliphatic heterocycles. The fraction of sp³-hybridized carbons (Fsp3) is 0.484. The number of alkyl carbamates (subject to hydrolysis) is 1. The van der Waals surface area contributed by atoms with Crippen LogP contribution in [0.25, 0.3) is 0 Å². The quantitative estimate of drug-likeness (QED) is 0.382. The van der Waals surface area contributed by atoms with Gasteiger partial charge in [0.1, 0.15) is 17.7 Å². The van der Waals surface area contributed by atoms with Crippen LogP contribution in [0.3, 0.4) is 0 Å². The van der Waals surface area contributed by atoms with Gasteiger partial charge in [0.2, 0.25) is 11.8 Å². The SMILES string of the molecule is Cc1cccc(C(C(=O)Nc2c(C)cccc2C)N(C(=O)C(CCC(N)=O)NC(=O)OC(C)(C)C)C(C)C)c1C. The number of nitrogens with two attached hydrogens (primary N) is 1. The predicted molar refractivity (Wildman–Crippen MR) is 157 cm³/mol. The summed E-state index contributed by atoms with van der Waals surface area (Å²) in [5, 5.41) is 5.67. The van der Waals surface area contributed by atoms with Crippen molar-refractivity contribution >= 4 is 29.5 Å². The summed E-state index contributed by atoms with van der Waals surface area (Å²) in [6.45, 7) is 16.4.